The number of carbonyl (C=O) groups is 2. The Kier molecular flexibility index (Phi) is 5.08. The SMILES string of the molecule is CNC(=O)c1cccc(NCC(=O)Nc2ccc(F)cc2)c1. The molecule has 2 rings (SSSR count). The lowest BCUT2D eigenvalue weighted by atomic mass is 10.2. The van der Waals surface area contributed by atoms with Crippen molar-refractivity contribution in [2.45, 2.75) is 0 Å². The van der Waals surface area contributed by atoms with Crippen LogP contribution in [0.3, 0.4) is 0 Å². The van der Waals surface area contributed by atoms with Crippen LogP contribution in [0.5, 0.6) is 0 Å². The highest BCUT2D eigenvalue weighted by molar-refractivity contribution is 5.96. The van der Waals surface area contributed by atoms with Gasteiger partial charge < -0.3 is 16.0 Å². The van der Waals surface area contributed by atoms with Crippen LogP contribution in [0.25, 0.3) is 0 Å². The number of rotatable bonds is 5. The largest absolute Gasteiger partial charge is 0.376 e. The van der Waals surface area contributed by atoms with Crippen molar-refractivity contribution < 1.29 is 14.0 Å². The normalized spacial score (nSPS) is 9.91. The molecule has 114 valence electrons. The molecule has 0 aliphatic rings. The molecule has 0 fully saturated rings. The zero-order valence-corrected chi connectivity index (χ0v) is 12.0. The monoisotopic (exact) mass is 301 g/mol. The molecular weight excluding hydrogens is 285 g/mol. The first-order valence-electron chi connectivity index (χ1n) is 6.70. The fourth-order valence-corrected chi connectivity index (χ4v) is 1.84. The molecule has 0 atom stereocenters. The second-order valence-corrected chi connectivity index (χ2v) is 4.57. The van der Waals surface area contributed by atoms with Crippen molar-refractivity contribution in [1.82, 2.24) is 5.32 Å². The van der Waals surface area contributed by atoms with Gasteiger partial charge in [-0.1, -0.05) is 6.07 Å². The van der Waals surface area contributed by atoms with Gasteiger partial charge in [0.15, 0.2) is 0 Å². The van der Waals surface area contributed by atoms with E-state index < -0.39 is 0 Å². The molecule has 0 heterocycles. The van der Waals surface area contributed by atoms with E-state index >= 15 is 0 Å². The van der Waals surface area contributed by atoms with Crippen LogP contribution in [-0.4, -0.2) is 25.4 Å². The molecule has 22 heavy (non-hydrogen) atoms. The van der Waals surface area contributed by atoms with Crippen molar-refractivity contribution in [3.8, 4) is 0 Å². The summed E-state index contributed by atoms with van der Waals surface area (Å²) in [4.78, 5) is 23.3. The van der Waals surface area contributed by atoms with E-state index in [2.05, 4.69) is 16.0 Å². The van der Waals surface area contributed by atoms with Crippen molar-refractivity contribution in [1.29, 1.82) is 0 Å². The van der Waals surface area contributed by atoms with Gasteiger partial charge in [-0.15, -0.1) is 0 Å². The van der Waals surface area contributed by atoms with Crippen LogP contribution < -0.4 is 16.0 Å². The van der Waals surface area contributed by atoms with Gasteiger partial charge in [0.25, 0.3) is 5.91 Å². The Hall–Kier alpha value is -2.89. The van der Waals surface area contributed by atoms with Crippen molar-refractivity contribution >= 4 is 23.2 Å². The highest BCUT2D eigenvalue weighted by atomic mass is 19.1. The van der Waals surface area contributed by atoms with Gasteiger partial charge in [0.05, 0.1) is 6.54 Å². The van der Waals surface area contributed by atoms with E-state index in [1.165, 1.54) is 24.3 Å². The van der Waals surface area contributed by atoms with Gasteiger partial charge in [0.1, 0.15) is 5.82 Å². The first kappa shape index (κ1) is 15.5. The average Bonchev–Trinajstić information content (AvgIpc) is 2.54. The molecule has 0 aliphatic heterocycles. The number of halogens is 1. The molecule has 2 aromatic rings. The lowest BCUT2D eigenvalue weighted by Gasteiger charge is -2.09. The lowest BCUT2D eigenvalue weighted by Crippen LogP contribution is -2.22. The van der Waals surface area contributed by atoms with Gasteiger partial charge >= 0.3 is 0 Å². The van der Waals surface area contributed by atoms with Crippen LogP contribution in [0.4, 0.5) is 15.8 Å². The van der Waals surface area contributed by atoms with Gasteiger partial charge in [-0.05, 0) is 42.5 Å². The third-order valence-electron chi connectivity index (χ3n) is 2.93. The summed E-state index contributed by atoms with van der Waals surface area (Å²) in [6.45, 7) is 0.0363. The average molecular weight is 301 g/mol. The maximum atomic E-state index is 12.8. The Labute approximate surface area is 127 Å². The molecule has 2 aromatic carbocycles. The Morgan fingerprint density at radius 3 is 2.45 bits per heavy atom. The van der Waals surface area contributed by atoms with Crippen molar-refractivity contribution in [2.24, 2.45) is 0 Å². The van der Waals surface area contributed by atoms with Gasteiger partial charge in [0.2, 0.25) is 5.91 Å². The van der Waals surface area contributed by atoms with Crippen molar-refractivity contribution in [3.63, 3.8) is 0 Å². The number of hydrogen-bond donors (Lipinski definition) is 3. The molecule has 0 radical (unpaired) electrons. The van der Waals surface area contributed by atoms with E-state index in [0.29, 0.717) is 16.9 Å². The summed E-state index contributed by atoms with van der Waals surface area (Å²) in [5, 5.41) is 8.10. The maximum absolute atomic E-state index is 12.8. The molecule has 0 aromatic heterocycles. The molecule has 5 nitrogen and oxygen atoms in total. The predicted molar refractivity (Wildman–Crippen MR) is 83.4 cm³/mol. The first-order valence-corrected chi connectivity index (χ1v) is 6.70. The smallest absolute Gasteiger partial charge is 0.251 e. The van der Waals surface area contributed by atoms with Crippen LogP contribution in [0.2, 0.25) is 0 Å². The minimum Gasteiger partial charge on any atom is -0.376 e. The summed E-state index contributed by atoms with van der Waals surface area (Å²) in [6.07, 6.45) is 0. The standard InChI is InChI=1S/C16H16FN3O2/c1-18-16(22)11-3-2-4-14(9-11)19-10-15(21)20-13-7-5-12(17)6-8-13/h2-9,19H,10H2,1H3,(H,18,22)(H,20,21). The molecule has 3 N–H and O–H groups in total. The number of hydrogen-bond acceptors (Lipinski definition) is 3. The second kappa shape index (κ2) is 7.21. The van der Waals surface area contributed by atoms with Gasteiger partial charge in [-0.2, -0.15) is 0 Å². The second-order valence-electron chi connectivity index (χ2n) is 4.57. The molecule has 0 saturated carbocycles. The van der Waals surface area contributed by atoms with Gasteiger partial charge in [-0.25, -0.2) is 4.39 Å². The number of amides is 2. The Balaban J connectivity index is 1.91. The Bertz CT molecular complexity index is 671. The quantitative estimate of drug-likeness (QED) is 0.793. The molecule has 2 amide bonds. The van der Waals surface area contributed by atoms with E-state index in [0.717, 1.165) is 0 Å². The van der Waals surface area contributed by atoms with Crippen LogP contribution in [-0.2, 0) is 4.79 Å². The van der Waals surface area contributed by atoms with E-state index in [1.54, 1.807) is 31.3 Å². The van der Waals surface area contributed by atoms with Crippen molar-refractivity contribution in [3.05, 3.63) is 59.9 Å². The summed E-state index contributed by atoms with van der Waals surface area (Å²) in [5.41, 5.74) is 1.69. The molecule has 0 saturated heterocycles. The highest BCUT2D eigenvalue weighted by Gasteiger charge is 2.05. The minimum atomic E-state index is -0.359. The van der Waals surface area contributed by atoms with Crippen molar-refractivity contribution in [2.75, 3.05) is 24.2 Å². The number of anilines is 2. The maximum Gasteiger partial charge on any atom is 0.251 e. The first-order chi connectivity index (χ1) is 10.6. The third kappa shape index (κ3) is 4.31. The van der Waals surface area contributed by atoms with Gasteiger partial charge in [-0.3, -0.25) is 9.59 Å². The summed E-state index contributed by atoms with van der Waals surface area (Å²) >= 11 is 0. The summed E-state index contributed by atoms with van der Waals surface area (Å²) < 4.78 is 12.8. The van der Waals surface area contributed by atoms with E-state index in [-0.39, 0.29) is 24.2 Å². The number of benzene rings is 2. The van der Waals surface area contributed by atoms with Crippen LogP contribution >= 0.6 is 0 Å². The predicted octanol–water partition coefficient (Wildman–Crippen LogP) is 2.24. The molecule has 0 spiro atoms. The van der Waals surface area contributed by atoms with Crippen LogP contribution in [0.15, 0.2) is 48.5 Å². The zero-order valence-electron chi connectivity index (χ0n) is 12.0. The summed E-state index contributed by atoms with van der Waals surface area (Å²) in [7, 11) is 1.55. The van der Waals surface area contributed by atoms with Gasteiger partial charge in [0, 0.05) is 24.0 Å². The highest BCUT2D eigenvalue weighted by Crippen LogP contribution is 2.11. The van der Waals surface area contributed by atoms with Crippen LogP contribution in [0, 0.1) is 5.82 Å². The van der Waals surface area contributed by atoms with E-state index in [1.807, 2.05) is 0 Å². The summed E-state index contributed by atoms with van der Waals surface area (Å²) in [5.74, 6) is -0.821. The van der Waals surface area contributed by atoms with E-state index in [9.17, 15) is 14.0 Å². The fraction of sp³-hybridized carbons (Fsp3) is 0.125. The Morgan fingerprint density at radius 2 is 1.77 bits per heavy atom. The lowest BCUT2D eigenvalue weighted by molar-refractivity contribution is -0.114. The third-order valence-corrected chi connectivity index (χ3v) is 2.93. The fourth-order valence-electron chi connectivity index (χ4n) is 1.84. The molecular formula is C16H16FN3O2. The molecule has 0 aliphatic carbocycles. The summed E-state index contributed by atoms with van der Waals surface area (Å²) in [6, 6.07) is 12.3. The number of carbonyl (C=O) groups excluding carboxylic acids is 2. The number of nitrogens with one attached hydrogen (secondary N) is 3. The topological polar surface area (TPSA) is 70.2 Å². The zero-order chi connectivity index (χ0) is 15.9. The van der Waals surface area contributed by atoms with E-state index in [4.69, 9.17) is 0 Å². The molecule has 6 heteroatoms. The molecule has 0 bridgehead atoms. The minimum absolute atomic E-state index is 0.0363. The Morgan fingerprint density at radius 1 is 1.05 bits per heavy atom. The molecule has 0 unspecified atom stereocenters. The van der Waals surface area contributed by atoms with Crippen LogP contribution in [0.1, 0.15) is 10.4 Å².